The van der Waals surface area contributed by atoms with Crippen molar-refractivity contribution in [3.63, 3.8) is 0 Å². The molecule has 0 bridgehead atoms. The molecule has 0 aliphatic rings. The largest absolute Gasteiger partial charge is 0.355 e. The van der Waals surface area contributed by atoms with Crippen LogP contribution in [0.5, 0.6) is 0 Å². The molecule has 1 atom stereocenters. The Kier molecular flexibility index (Phi) is 5.13. The second kappa shape index (κ2) is 7.76. The number of H-pyrrole nitrogens is 1. The van der Waals surface area contributed by atoms with Crippen molar-refractivity contribution in [2.24, 2.45) is 0 Å². The van der Waals surface area contributed by atoms with Gasteiger partial charge in [-0.25, -0.2) is 4.39 Å². The van der Waals surface area contributed by atoms with E-state index in [9.17, 15) is 14.0 Å². The number of rotatable bonds is 4. The van der Waals surface area contributed by atoms with Crippen LogP contribution < -0.4 is 10.9 Å². The minimum absolute atomic E-state index is 0.204. The number of carbonyl (C=O) groups excluding carboxylic acids is 1. The zero-order valence-corrected chi connectivity index (χ0v) is 17.0. The third kappa shape index (κ3) is 3.48. The van der Waals surface area contributed by atoms with Gasteiger partial charge < -0.3 is 9.88 Å². The van der Waals surface area contributed by atoms with Crippen molar-refractivity contribution in [2.75, 3.05) is 7.05 Å². The Balaban J connectivity index is 1.77. The highest BCUT2D eigenvalue weighted by Crippen LogP contribution is 2.28. The van der Waals surface area contributed by atoms with Crippen LogP contribution in [0, 0.1) is 5.82 Å². The number of hydrogen-bond donors (Lipinski definition) is 2. The van der Waals surface area contributed by atoms with Crippen LogP contribution in [0.15, 0.2) is 59.7 Å². The summed E-state index contributed by atoms with van der Waals surface area (Å²) in [6, 6.07) is 10.9. The van der Waals surface area contributed by atoms with Crippen molar-refractivity contribution in [1.82, 2.24) is 20.1 Å². The lowest BCUT2D eigenvalue weighted by Gasteiger charge is -2.17. The first-order valence-electron chi connectivity index (χ1n) is 9.25. The predicted molar refractivity (Wildman–Crippen MR) is 114 cm³/mol. The van der Waals surface area contributed by atoms with E-state index in [1.54, 1.807) is 37.5 Å². The average molecular weight is 425 g/mol. The Morgan fingerprint density at radius 3 is 2.73 bits per heavy atom. The molecule has 0 saturated heterocycles. The molecule has 2 N–H and O–H groups in total. The van der Waals surface area contributed by atoms with Gasteiger partial charge in [-0.1, -0.05) is 17.7 Å². The first-order chi connectivity index (χ1) is 14.4. The standard InChI is InChI=1S/C22H18ClFN4O2/c1-12(15-8-16(21(29)25-2)10-17(24)9-15)28-6-5-14-7-13(3-4-18(14)22(28)30)19-11-26-27-20(19)23/h3-12H,1-2H3,(H,25,29)(H,26,27). The van der Waals surface area contributed by atoms with Gasteiger partial charge in [0.05, 0.1) is 12.2 Å². The van der Waals surface area contributed by atoms with E-state index < -0.39 is 11.9 Å². The van der Waals surface area contributed by atoms with Gasteiger partial charge in [-0.15, -0.1) is 0 Å². The van der Waals surface area contributed by atoms with Crippen molar-refractivity contribution in [1.29, 1.82) is 0 Å². The topological polar surface area (TPSA) is 79.8 Å². The second-order valence-corrected chi connectivity index (χ2v) is 7.33. The minimum Gasteiger partial charge on any atom is -0.355 e. The second-order valence-electron chi connectivity index (χ2n) is 6.96. The zero-order valence-electron chi connectivity index (χ0n) is 16.2. The van der Waals surface area contributed by atoms with Crippen LogP contribution in [0.25, 0.3) is 21.9 Å². The number of nitrogens with zero attached hydrogens (tertiary/aromatic N) is 2. The molecule has 1 unspecified atom stereocenters. The molecular weight excluding hydrogens is 407 g/mol. The molecule has 1 amide bonds. The molecule has 30 heavy (non-hydrogen) atoms. The highest BCUT2D eigenvalue weighted by atomic mass is 35.5. The van der Waals surface area contributed by atoms with E-state index in [-0.39, 0.29) is 17.0 Å². The van der Waals surface area contributed by atoms with Gasteiger partial charge in [0.15, 0.2) is 0 Å². The van der Waals surface area contributed by atoms with E-state index in [4.69, 9.17) is 11.6 Å². The van der Waals surface area contributed by atoms with Crippen molar-refractivity contribution in [2.45, 2.75) is 13.0 Å². The predicted octanol–water partition coefficient (Wildman–Crippen LogP) is 4.15. The Morgan fingerprint density at radius 1 is 1.23 bits per heavy atom. The lowest BCUT2D eigenvalue weighted by Crippen LogP contribution is -2.24. The summed E-state index contributed by atoms with van der Waals surface area (Å²) in [5.74, 6) is -0.923. The zero-order chi connectivity index (χ0) is 21.4. The lowest BCUT2D eigenvalue weighted by molar-refractivity contribution is 0.0962. The van der Waals surface area contributed by atoms with E-state index in [0.29, 0.717) is 16.1 Å². The molecule has 0 radical (unpaired) electrons. The first kappa shape index (κ1) is 19.8. The van der Waals surface area contributed by atoms with E-state index in [1.165, 1.54) is 23.7 Å². The van der Waals surface area contributed by atoms with Crippen molar-refractivity contribution < 1.29 is 9.18 Å². The average Bonchev–Trinajstić information content (AvgIpc) is 3.18. The number of halogens is 2. The Morgan fingerprint density at radius 2 is 2.03 bits per heavy atom. The van der Waals surface area contributed by atoms with Gasteiger partial charge >= 0.3 is 0 Å². The molecule has 152 valence electrons. The van der Waals surface area contributed by atoms with Crippen LogP contribution in [-0.4, -0.2) is 27.7 Å². The molecule has 0 aliphatic heterocycles. The highest BCUT2D eigenvalue weighted by molar-refractivity contribution is 6.32. The SMILES string of the molecule is CNC(=O)c1cc(F)cc(C(C)n2ccc3cc(-c4cn[nH]c4Cl)ccc3c2=O)c1. The van der Waals surface area contributed by atoms with Crippen LogP contribution in [0.1, 0.15) is 28.9 Å². The van der Waals surface area contributed by atoms with Gasteiger partial charge in [0.2, 0.25) is 0 Å². The summed E-state index contributed by atoms with van der Waals surface area (Å²) >= 11 is 6.11. The van der Waals surface area contributed by atoms with Gasteiger partial charge in [-0.3, -0.25) is 14.7 Å². The fraction of sp³-hybridized carbons (Fsp3) is 0.136. The van der Waals surface area contributed by atoms with E-state index >= 15 is 0 Å². The van der Waals surface area contributed by atoms with E-state index in [1.807, 2.05) is 12.1 Å². The molecule has 6 nitrogen and oxygen atoms in total. The maximum Gasteiger partial charge on any atom is 0.258 e. The summed E-state index contributed by atoms with van der Waals surface area (Å²) in [6.07, 6.45) is 3.29. The Labute approximate surface area is 176 Å². The van der Waals surface area contributed by atoms with Crippen LogP contribution in [0.2, 0.25) is 5.15 Å². The number of hydrogen-bond acceptors (Lipinski definition) is 3. The summed E-state index contributed by atoms with van der Waals surface area (Å²) in [5.41, 5.74) is 2.10. The first-order valence-corrected chi connectivity index (χ1v) is 9.63. The number of benzene rings is 2. The number of carbonyl (C=O) groups is 1. The quantitative estimate of drug-likeness (QED) is 0.516. The number of aromatic amines is 1. The number of nitrogens with one attached hydrogen (secondary N) is 2. The van der Waals surface area contributed by atoms with Gasteiger partial charge in [0, 0.05) is 29.8 Å². The molecule has 0 fully saturated rings. The van der Waals surface area contributed by atoms with E-state index in [0.717, 1.165) is 16.5 Å². The molecule has 8 heteroatoms. The molecule has 0 aliphatic carbocycles. The normalized spacial score (nSPS) is 12.1. The van der Waals surface area contributed by atoms with Gasteiger partial charge in [0.25, 0.3) is 11.5 Å². The summed E-state index contributed by atoms with van der Waals surface area (Å²) in [7, 11) is 1.48. The fourth-order valence-corrected chi connectivity index (χ4v) is 3.70. The van der Waals surface area contributed by atoms with Gasteiger partial charge in [-0.05, 0) is 59.8 Å². The summed E-state index contributed by atoms with van der Waals surface area (Å²) in [6.45, 7) is 1.79. The summed E-state index contributed by atoms with van der Waals surface area (Å²) in [5, 5.41) is 10.8. The Hall–Kier alpha value is -3.45. The highest BCUT2D eigenvalue weighted by Gasteiger charge is 2.16. The molecule has 4 aromatic rings. The molecule has 4 rings (SSSR count). The monoisotopic (exact) mass is 424 g/mol. The fourth-order valence-electron chi connectivity index (χ4n) is 3.50. The van der Waals surface area contributed by atoms with Crippen molar-refractivity contribution >= 4 is 28.3 Å². The molecular formula is C22H18ClFN4O2. The van der Waals surface area contributed by atoms with Gasteiger partial charge in [-0.2, -0.15) is 5.10 Å². The molecule has 2 heterocycles. The third-order valence-electron chi connectivity index (χ3n) is 5.14. The van der Waals surface area contributed by atoms with Crippen LogP contribution in [0.3, 0.4) is 0 Å². The lowest BCUT2D eigenvalue weighted by atomic mass is 10.0. The Bertz CT molecular complexity index is 1330. The van der Waals surface area contributed by atoms with Gasteiger partial charge in [0.1, 0.15) is 11.0 Å². The molecule has 0 saturated carbocycles. The smallest absolute Gasteiger partial charge is 0.258 e. The summed E-state index contributed by atoms with van der Waals surface area (Å²) < 4.78 is 15.6. The summed E-state index contributed by atoms with van der Waals surface area (Å²) in [4.78, 5) is 25.0. The number of amides is 1. The molecule has 0 spiro atoms. The van der Waals surface area contributed by atoms with Crippen molar-refractivity contribution in [3.05, 3.63) is 87.3 Å². The molecule has 2 aromatic carbocycles. The van der Waals surface area contributed by atoms with Crippen molar-refractivity contribution in [3.8, 4) is 11.1 Å². The number of pyridine rings is 1. The van der Waals surface area contributed by atoms with Crippen LogP contribution in [-0.2, 0) is 0 Å². The minimum atomic E-state index is -0.534. The number of fused-ring (bicyclic) bond motifs is 1. The maximum atomic E-state index is 14.1. The van der Waals surface area contributed by atoms with Crippen LogP contribution in [0.4, 0.5) is 4.39 Å². The third-order valence-corrected chi connectivity index (χ3v) is 5.43. The molecule has 2 aromatic heterocycles. The maximum absolute atomic E-state index is 14.1. The van der Waals surface area contributed by atoms with Crippen LogP contribution >= 0.6 is 11.6 Å². The number of aromatic nitrogens is 3. The van der Waals surface area contributed by atoms with E-state index in [2.05, 4.69) is 15.5 Å².